The van der Waals surface area contributed by atoms with E-state index in [0.717, 1.165) is 5.56 Å². The van der Waals surface area contributed by atoms with E-state index in [1.54, 1.807) is 24.3 Å². The summed E-state index contributed by atoms with van der Waals surface area (Å²) in [6.45, 7) is 0.417. The number of carbonyl (C=O) groups excluding carboxylic acids is 2. The number of rotatable bonds is 4. The number of benzene rings is 1. The van der Waals surface area contributed by atoms with E-state index in [1.807, 2.05) is 0 Å². The summed E-state index contributed by atoms with van der Waals surface area (Å²) in [6.07, 6.45) is 3.13. The summed E-state index contributed by atoms with van der Waals surface area (Å²) in [5.74, 6) is -1.57. The predicted molar refractivity (Wildman–Crippen MR) is 90.9 cm³/mol. The van der Waals surface area contributed by atoms with Crippen molar-refractivity contribution in [1.29, 1.82) is 0 Å². The Kier molecular flexibility index (Phi) is 6.23. The summed E-state index contributed by atoms with van der Waals surface area (Å²) in [5.41, 5.74) is 0.733. The Labute approximate surface area is 149 Å². The van der Waals surface area contributed by atoms with Crippen LogP contribution in [0.25, 0.3) is 6.08 Å². The van der Waals surface area contributed by atoms with Crippen LogP contribution in [0.5, 0.6) is 0 Å². The number of carboxylic acid groups (broad SMARTS) is 1. The van der Waals surface area contributed by atoms with Gasteiger partial charge in [0.15, 0.2) is 0 Å². The summed E-state index contributed by atoms with van der Waals surface area (Å²) >= 11 is 11.8. The second kappa shape index (κ2) is 8.17. The van der Waals surface area contributed by atoms with Gasteiger partial charge >= 0.3 is 5.97 Å². The molecule has 1 aliphatic rings. The minimum Gasteiger partial charge on any atom is -0.480 e. The van der Waals surface area contributed by atoms with Gasteiger partial charge in [-0.15, -0.1) is 0 Å². The maximum Gasteiger partial charge on any atom is 0.323 e. The molecule has 0 radical (unpaired) electrons. The standard InChI is InChI=1S/C16H16Cl2N2O4/c17-12-3-1-11(9-13(12)18)2-4-14(21)19-6-5-15(22)20(8-7-19)10-16(23)24/h1-4,9H,5-8,10H2,(H,23,24)/b4-2+. The van der Waals surface area contributed by atoms with Crippen LogP contribution >= 0.6 is 23.2 Å². The number of carbonyl (C=O) groups is 3. The van der Waals surface area contributed by atoms with Crippen LogP contribution in [0.4, 0.5) is 0 Å². The molecular formula is C16H16Cl2N2O4. The fourth-order valence-corrected chi connectivity index (χ4v) is 2.61. The van der Waals surface area contributed by atoms with E-state index in [4.69, 9.17) is 28.3 Å². The van der Waals surface area contributed by atoms with Crippen molar-refractivity contribution >= 4 is 47.1 Å². The van der Waals surface area contributed by atoms with Crippen molar-refractivity contribution in [1.82, 2.24) is 9.80 Å². The van der Waals surface area contributed by atoms with Gasteiger partial charge in [0.05, 0.1) is 10.0 Å². The van der Waals surface area contributed by atoms with Crippen molar-refractivity contribution < 1.29 is 19.5 Å². The van der Waals surface area contributed by atoms with E-state index in [-0.39, 0.29) is 37.9 Å². The van der Waals surface area contributed by atoms with Gasteiger partial charge in [-0.25, -0.2) is 0 Å². The third-order valence-corrected chi connectivity index (χ3v) is 4.33. The monoisotopic (exact) mass is 370 g/mol. The minimum atomic E-state index is -1.07. The third kappa shape index (κ3) is 4.97. The van der Waals surface area contributed by atoms with Crippen molar-refractivity contribution in [2.45, 2.75) is 6.42 Å². The summed E-state index contributed by atoms with van der Waals surface area (Å²) in [5, 5.41) is 9.63. The molecule has 0 spiro atoms. The van der Waals surface area contributed by atoms with Crippen LogP contribution in [-0.2, 0) is 14.4 Å². The van der Waals surface area contributed by atoms with E-state index < -0.39 is 5.97 Å². The highest BCUT2D eigenvalue weighted by Gasteiger charge is 2.24. The van der Waals surface area contributed by atoms with Crippen LogP contribution in [-0.4, -0.2) is 58.9 Å². The Balaban J connectivity index is 1.99. The maximum absolute atomic E-state index is 12.2. The first kappa shape index (κ1) is 18.3. The molecule has 1 N–H and O–H groups in total. The Morgan fingerprint density at radius 3 is 2.58 bits per heavy atom. The fraction of sp³-hybridized carbons (Fsp3) is 0.312. The molecule has 1 aliphatic heterocycles. The van der Waals surface area contributed by atoms with Gasteiger partial charge in [-0.1, -0.05) is 29.3 Å². The van der Waals surface area contributed by atoms with Crippen LogP contribution in [0, 0.1) is 0 Å². The molecule has 2 rings (SSSR count). The largest absolute Gasteiger partial charge is 0.480 e. The van der Waals surface area contributed by atoms with Gasteiger partial charge in [-0.2, -0.15) is 0 Å². The van der Waals surface area contributed by atoms with E-state index in [1.165, 1.54) is 15.9 Å². The third-order valence-electron chi connectivity index (χ3n) is 3.59. The molecule has 1 aromatic rings. The molecule has 0 aromatic heterocycles. The second-order valence-electron chi connectivity index (χ2n) is 5.29. The molecule has 0 saturated carbocycles. The lowest BCUT2D eigenvalue weighted by atomic mass is 10.2. The molecule has 0 unspecified atom stereocenters. The normalized spacial score (nSPS) is 15.7. The maximum atomic E-state index is 12.2. The number of carboxylic acids is 1. The average molecular weight is 371 g/mol. The topological polar surface area (TPSA) is 77.9 Å². The highest BCUT2D eigenvalue weighted by atomic mass is 35.5. The van der Waals surface area contributed by atoms with Gasteiger partial charge in [0.1, 0.15) is 6.54 Å². The van der Waals surface area contributed by atoms with Crippen LogP contribution in [0.1, 0.15) is 12.0 Å². The van der Waals surface area contributed by atoms with Crippen molar-refractivity contribution in [2.24, 2.45) is 0 Å². The molecule has 0 atom stereocenters. The Morgan fingerprint density at radius 1 is 1.17 bits per heavy atom. The lowest BCUT2D eigenvalue weighted by Gasteiger charge is -2.19. The molecule has 24 heavy (non-hydrogen) atoms. The summed E-state index contributed by atoms with van der Waals surface area (Å²) < 4.78 is 0. The number of amides is 2. The first-order valence-corrected chi connectivity index (χ1v) is 8.04. The Hall–Kier alpha value is -2.05. The molecule has 8 heteroatoms. The molecular weight excluding hydrogens is 355 g/mol. The Bertz CT molecular complexity index is 691. The molecule has 1 heterocycles. The molecule has 6 nitrogen and oxygen atoms in total. The number of halogens is 2. The van der Waals surface area contributed by atoms with Crippen LogP contribution < -0.4 is 0 Å². The zero-order chi connectivity index (χ0) is 17.7. The number of hydrogen-bond donors (Lipinski definition) is 1. The van der Waals surface area contributed by atoms with Crippen molar-refractivity contribution in [3.05, 3.63) is 39.9 Å². The lowest BCUT2D eigenvalue weighted by Crippen LogP contribution is -2.37. The lowest BCUT2D eigenvalue weighted by molar-refractivity contribution is -0.144. The molecule has 0 bridgehead atoms. The zero-order valence-corrected chi connectivity index (χ0v) is 14.3. The van der Waals surface area contributed by atoms with Gasteiger partial charge in [-0.05, 0) is 23.8 Å². The minimum absolute atomic E-state index is 0.111. The van der Waals surface area contributed by atoms with E-state index in [0.29, 0.717) is 16.6 Å². The quantitative estimate of drug-likeness (QED) is 0.823. The van der Waals surface area contributed by atoms with E-state index >= 15 is 0 Å². The first-order valence-electron chi connectivity index (χ1n) is 7.28. The van der Waals surface area contributed by atoms with Crippen LogP contribution in [0.15, 0.2) is 24.3 Å². The average Bonchev–Trinajstić information content (AvgIpc) is 2.70. The summed E-state index contributed by atoms with van der Waals surface area (Å²) in [7, 11) is 0. The molecule has 1 saturated heterocycles. The van der Waals surface area contributed by atoms with Crippen molar-refractivity contribution in [3.63, 3.8) is 0 Å². The fourth-order valence-electron chi connectivity index (χ4n) is 2.31. The summed E-state index contributed by atoms with van der Waals surface area (Å²) in [6, 6.07) is 5.02. The molecule has 1 fully saturated rings. The summed E-state index contributed by atoms with van der Waals surface area (Å²) in [4.78, 5) is 37.6. The molecule has 0 aliphatic carbocycles. The molecule has 2 amide bonds. The van der Waals surface area contributed by atoms with Gasteiger partial charge in [0.2, 0.25) is 11.8 Å². The molecule has 128 valence electrons. The van der Waals surface area contributed by atoms with Crippen molar-refractivity contribution in [2.75, 3.05) is 26.2 Å². The highest BCUT2D eigenvalue weighted by Crippen LogP contribution is 2.23. The van der Waals surface area contributed by atoms with E-state index in [9.17, 15) is 14.4 Å². The number of nitrogens with zero attached hydrogens (tertiary/aromatic N) is 2. The van der Waals surface area contributed by atoms with Gasteiger partial charge in [0, 0.05) is 32.1 Å². The number of hydrogen-bond acceptors (Lipinski definition) is 3. The SMILES string of the molecule is O=C(O)CN1CCN(C(=O)/C=C/c2ccc(Cl)c(Cl)c2)CCC1=O. The predicted octanol–water partition coefficient (Wildman–Crippen LogP) is 2.15. The van der Waals surface area contributed by atoms with Gasteiger partial charge < -0.3 is 14.9 Å². The van der Waals surface area contributed by atoms with Gasteiger partial charge in [0.25, 0.3) is 0 Å². The number of aliphatic carboxylic acids is 1. The first-order chi connectivity index (χ1) is 11.4. The smallest absolute Gasteiger partial charge is 0.323 e. The molecule has 1 aromatic carbocycles. The van der Waals surface area contributed by atoms with Crippen LogP contribution in [0.2, 0.25) is 10.0 Å². The van der Waals surface area contributed by atoms with Crippen LogP contribution in [0.3, 0.4) is 0 Å². The van der Waals surface area contributed by atoms with Gasteiger partial charge in [-0.3, -0.25) is 14.4 Å². The highest BCUT2D eigenvalue weighted by molar-refractivity contribution is 6.42. The van der Waals surface area contributed by atoms with E-state index in [2.05, 4.69) is 0 Å². The Morgan fingerprint density at radius 2 is 1.92 bits per heavy atom. The zero-order valence-electron chi connectivity index (χ0n) is 12.7. The second-order valence-corrected chi connectivity index (χ2v) is 6.11. The van der Waals surface area contributed by atoms with Crippen molar-refractivity contribution in [3.8, 4) is 0 Å².